The first-order chi connectivity index (χ1) is 7.75. The van der Waals surface area contributed by atoms with Gasteiger partial charge in [-0.2, -0.15) is 0 Å². The first-order valence-electron chi connectivity index (χ1n) is 5.72. The quantitative estimate of drug-likeness (QED) is 0.743. The molecule has 1 saturated heterocycles. The molecule has 1 fully saturated rings. The minimum atomic E-state index is 0.106. The van der Waals surface area contributed by atoms with Crippen LogP contribution in [0, 0.1) is 0 Å². The molecule has 2 aliphatic rings. The van der Waals surface area contributed by atoms with Crippen molar-refractivity contribution >= 4 is 27.5 Å². The minimum absolute atomic E-state index is 0.106. The van der Waals surface area contributed by atoms with Crippen LogP contribution in [0.1, 0.15) is 6.42 Å². The molecule has 0 radical (unpaired) electrons. The van der Waals surface area contributed by atoms with Crippen LogP contribution in [0.4, 0.5) is 0 Å². The number of halogens is 2. The molecular weight excluding hydrogens is 289 g/mol. The Bertz CT molecular complexity index is 287. The molecule has 0 N–H and O–H groups in total. The van der Waals surface area contributed by atoms with E-state index >= 15 is 0 Å². The van der Waals surface area contributed by atoms with Crippen LogP contribution in [-0.4, -0.2) is 48.0 Å². The number of hydrogen-bond donors (Lipinski definition) is 0. The van der Waals surface area contributed by atoms with Gasteiger partial charge in [0.25, 0.3) is 0 Å². The van der Waals surface area contributed by atoms with E-state index in [4.69, 9.17) is 16.3 Å². The summed E-state index contributed by atoms with van der Waals surface area (Å²) in [5, 5.41) is 0.106. The Labute approximate surface area is 110 Å². The zero-order chi connectivity index (χ0) is 11.4. The Kier molecular flexibility index (Phi) is 4.89. The van der Waals surface area contributed by atoms with Gasteiger partial charge < -0.3 is 4.74 Å². The van der Waals surface area contributed by atoms with Gasteiger partial charge in [0.2, 0.25) is 0 Å². The highest BCUT2D eigenvalue weighted by molar-refractivity contribution is 9.09. The third kappa shape index (κ3) is 3.59. The van der Waals surface area contributed by atoms with Gasteiger partial charge in [-0.3, -0.25) is 4.90 Å². The molecule has 4 heteroatoms. The number of nitrogens with zero attached hydrogens (tertiary/aromatic N) is 1. The molecule has 0 bridgehead atoms. The van der Waals surface area contributed by atoms with Gasteiger partial charge >= 0.3 is 0 Å². The molecule has 0 aromatic heterocycles. The van der Waals surface area contributed by atoms with Gasteiger partial charge in [-0.05, 0) is 12.0 Å². The van der Waals surface area contributed by atoms with E-state index in [0.29, 0.717) is 4.83 Å². The molecule has 1 heterocycles. The van der Waals surface area contributed by atoms with Crippen LogP contribution in [0.2, 0.25) is 0 Å². The van der Waals surface area contributed by atoms with Gasteiger partial charge in [0.1, 0.15) is 0 Å². The lowest BCUT2D eigenvalue weighted by molar-refractivity contribution is 0.0389. The normalized spacial score (nSPS) is 28.9. The maximum Gasteiger partial charge on any atom is 0.0709 e. The molecule has 0 amide bonds. The van der Waals surface area contributed by atoms with Crippen molar-refractivity contribution in [3.63, 3.8) is 0 Å². The SMILES string of the molecule is ClC(CN1CCOCC1)C1=CCC(Br)C=C1. The largest absolute Gasteiger partial charge is 0.379 e. The first kappa shape index (κ1) is 12.6. The molecule has 2 atom stereocenters. The van der Waals surface area contributed by atoms with Crippen LogP contribution in [-0.2, 0) is 4.74 Å². The monoisotopic (exact) mass is 305 g/mol. The van der Waals surface area contributed by atoms with Gasteiger partial charge in [-0.1, -0.05) is 34.2 Å². The summed E-state index contributed by atoms with van der Waals surface area (Å²) in [4.78, 5) is 2.85. The average molecular weight is 307 g/mol. The van der Waals surface area contributed by atoms with Gasteiger partial charge in [-0.15, -0.1) is 11.6 Å². The van der Waals surface area contributed by atoms with Gasteiger partial charge in [-0.25, -0.2) is 0 Å². The highest BCUT2D eigenvalue weighted by Gasteiger charge is 2.18. The number of ether oxygens (including phenoxy) is 1. The van der Waals surface area contributed by atoms with Gasteiger partial charge in [0.15, 0.2) is 0 Å². The van der Waals surface area contributed by atoms with Crippen LogP contribution >= 0.6 is 27.5 Å². The van der Waals surface area contributed by atoms with Crippen molar-refractivity contribution in [2.45, 2.75) is 16.6 Å². The van der Waals surface area contributed by atoms with Crippen molar-refractivity contribution in [3.05, 3.63) is 23.8 Å². The number of rotatable bonds is 3. The second-order valence-corrected chi connectivity index (χ2v) is 5.90. The Morgan fingerprint density at radius 3 is 2.88 bits per heavy atom. The molecule has 0 saturated carbocycles. The maximum atomic E-state index is 6.42. The lowest BCUT2D eigenvalue weighted by Crippen LogP contribution is -2.40. The number of morpholine rings is 1. The van der Waals surface area contributed by atoms with Crippen LogP contribution in [0.15, 0.2) is 23.8 Å². The summed E-state index contributed by atoms with van der Waals surface area (Å²) in [6.45, 7) is 4.60. The molecule has 0 spiro atoms. The lowest BCUT2D eigenvalue weighted by atomic mass is 10.0. The summed E-state index contributed by atoms with van der Waals surface area (Å²) in [7, 11) is 0. The van der Waals surface area contributed by atoms with Crippen molar-refractivity contribution in [1.29, 1.82) is 0 Å². The lowest BCUT2D eigenvalue weighted by Gasteiger charge is -2.29. The van der Waals surface area contributed by atoms with E-state index in [2.05, 4.69) is 39.1 Å². The Balaban J connectivity index is 1.83. The molecule has 2 rings (SSSR count). The molecule has 1 aliphatic carbocycles. The molecule has 2 unspecified atom stereocenters. The predicted octanol–water partition coefficient (Wildman–Crippen LogP) is 2.58. The highest BCUT2D eigenvalue weighted by Crippen LogP contribution is 2.22. The summed E-state index contributed by atoms with van der Waals surface area (Å²) in [6, 6.07) is 0. The zero-order valence-electron chi connectivity index (χ0n) is 9.24. The Hall–Kier alpha value is 0.170. The van der Waals surface area contributed by atoms with Crippen LogP contribution in [0.25, 0.3) is 0 Å². The molecule has 0 aromatic rings. The maximum absolute atomic E-state index is 6.42. The predicted molar refractivity (Wildman–Crippen MR) is 71.5 cm³/mol. The molecule has 2 nitrogen and oxygen atoms in total. The van der Waals surface area contributed by atoms with E-state index in [1.807, 2.05) is 0 Å². The highest BCUT2D eigenvalue weighted by atomic mass is 79.9. The van der Waals surface area contributed by atoms with E-state index in [1.54, 1.807) is 0 Å². The van der Waals surface area contributed by atoms with Crippen LogP contribution in [0.3, 0.4) is 0 Å². The third-order valence-electron chi connectivity index (χ3n) is 2.96. The van der Waals surface area contributed by atoms with Crippen LogP contribution < -0.4 is 0 Å². The summed E-state index contributed by atoms with van der Waals surface area (Å²) in [6.07, 6.45) is 7.58. The van der Waals surface area contributed by atoms with Crippen LogP contribution in [0.5, 0.6) is 0 Å². The molecular formula is C12H17BrClNO. The average Bonchev–Trinajstić information content (AvgIpc) is 2.31. The summed E-state index contributed by atoms with van der Waals surface area (Å²) in [5.74, 6) is 0. The van der Waals surface area contributed by atoms with E-state index in [0.717, 1.165) is 39.3 Å². The smallest absolute Gasteiger partial charge is 0.0709 e. The second-order valence-electron chi connectivity index (χ2n) is 4.20. The number of alkyl halides is 2. The number of allylic oxidation sites excluding steroid dienone is 3. The third-order valence-corrected chi connectivity index (χ3v) is 4.03. The van der Waals surface area contributed by atoms with Crippen molar-refractivity contribution in [2.24, 2.45) is 0 Å². The van der Waals surface area contributed by atoms with E-state index < -0.39 is 0 Å². The second kappa shape index (κ2) is 6.20. The molecule has 0 aromatic carbocycles. The summed E-state index contributed by atoms with van der Waals surface area (Å²) in [5.41, 5.74) is 1.25. The van der Waals surface area contributed by atoms with E-state index in [9.17, 15) is 0 Å². The standard InChI is InChI=1S/C12H17BrClNO/c13-11-3-1-10(2-4-11)12(14)9-15-5-7-16-8-6-15/h1-3,11-12H,4-9H2. The molecule has 90 valence electrons. The molecule has 1 aliphatic heterocycles. The van der Waals surface area contributed by atoms with Crippen molar-refractivity contribution in [1.82, 2.24) is 4.90 Å². The van der Waals surface area contributed by atoms with Gasteiger partial charge in [0, 0.05) is 24.5 Å². The van der Waals surface area contributed by atoms with Crippen molar-refractivity contribution in [2.75, 3.05) is 32.8 Å². The minimum Gasteiger partial charge on any atom is -0.379 e. The fourth-order valence-corrected chi connectivity index (χ4v) is 2.66. The van der Waals surface area contributed by atoms with Gasteiger partial charge in [0.05, 0.1) is 18.6 Å². The Morgan fingerprint density at radius 1 is 1.50 bits per heavy atom. The molecule has 16 heavy (non-hydrogen) atoms. The summed E-state index contributed by atoms with van der Waals surface area (Å²) >= 11 is 9.99. The Morgan fingerprint density at radius 2 is 2.25 bits per heavy atom. The topological polar surface area (TPSA) is 12.5 Å². The fraction of sp³-hybridized carbons (Fsp3) is 0.667. The fourth-order valence-electron chi connectivity index (χ4n) is 1.96. The summed E-state index contributed by atoms with van der Waals surface area (Å²) < 4.78 is 5.32. The number of hydrogen-bond acceptors (Lipinski definition) is 2. The van der Waals surface area contributed by atoms with E-state index in [1.165, 1.54) is 5.57 Å². The van der Waals surface area contributed by atoms with Crippen molar-refractivity contribution in [3.8, 4) is 0 Å². The zero-order valence-corrected chi connectivity index (χ0v) is 11.6. The van der Waals surface area contributed by atoms with E-state index in [-0.39, 0.29) is 5.38 Å². The van der Waals surface area contributed by atoms with Crippen molar-refractivity contribution < 1.29 is 4.74 Å². The first-order valence-corrected chi connectivity index (χ1v) is 7.07.